The molecule has 152 valence electrons. The molecule has 0 amide bonds. The molecule has 0 aliphatic carbocycles. The number of ether oxygens (including phenoxy) is 2. The Balaban J connectivity index is 1.43. The molecule has 7 nitrogen and oxygen atoms in total. The van der Waals surface area contributed by atoms with E-state index in [0.717, 1.165) is 36.5 Å². The number of rotatable bonds is 8. The Morgan fingerprint density at radius 1 is 1.17 bits per heavy atom. The maximum absolute atomic E-state index is 5.99. The Kier molecular flexibility index (Phi) is 6.39. The van der Waals surface area contributed by atoms with E-state index in [-0.39, 0.29) is 6.04 Å². The average Bonchev–Trinajstić information content (AvgIpc) is 3.40. The summed E-state index contributed by atoms with van der Waals surface area (Å²) in [5, 5.41) is 4.91. The van der Waals surface area contributed by atoms with Gasteiger partial charge in [0.2, 0.25) is 17.6 Å². The van der Waals surface area contributed by atoms with Gasteiger partial charge in [0.15, 0.2) is 0 Å². The standard InChI is InChI=1S/C21H23ClN4O3/c1-27-11-12-28-19-9-6-16(13-23-19)20-24-21(29-25-20)18-3-2-10-26(18)14-15-4-7-17(22)8-5-15/h4-9,13,18H,2-3,10-12,14H2,1H3/t18-/m0/s1. The van der Waals surface area contributed by atoms with Crippen molar-refractivity contribution in [3.8, 4) is 17.3 Å². The molecule has 1 atom stereocenters. The molecule has 0 saturated carbocycles. The van der Waals surface area contributed by atoms with Gasteiger partial charge in [-0.25, -0.2) is 4.98 Å². The van der Waals surface area contributed by atoms with Crippen LogP contribution in [0.5, 0.6) is 5.88 Å². The van der Waals surface area contributed by atoms with Crippen molar-refractivity contribution in [1.82, 2.24) is 20.0 Å². The van der Waals surface area contributed by atoms with Gasteiger partial charge in [-0.1, -0.05) is 28.9 Å². The van der Waals surface area contributed by atoms with E-state index < -0.39 is 0 Å². The second kappa shape index (κ2) is 9.35. The lowest BCUT2D eigenvalue weighted by atomic mass is 10.2. The molecule has 2 aromatic heterocycles. The maximum atomic E-state index is 5.99. The van der Waals surface area contributed by atoms with E-state index in [1.807, 2.05) is 18.2 Å². The summed E-state index contributed by atoms with van der Waals surface area (Å²) in [6, 6.07) is 11.7. The van der Waals surface area contributed by atoms with Gasteiger partial charge in [0.1, 0.15) is 6.61 Å². The van der Waals surface area contributed by atoms with Crippen LogP contribution in [-0.2, 0) is 11.3 Å². The Bertz CT molecular complexity index is 914. The lowest BCUT2D eigenvalue weighted by Gasteiger charge is -2.21. The van der Waals surface area contributed by atoms with Crippen LogP contribution in [0.25, 0.3) is 11.4 Å². The average molecular weight is 415 g/mol. The van der Waals surface area contributed by atoms with Crippen LogP contribution in [0.1, 0.15) is 30.3 Å². The van der Waals surface area contributed by atoms with E-state index in [0.29, 0.717) is 30.8 Å². The van der Waals surface area contributed by atoms with Crippen molar-refractivity contribution in [2.24, 2.45) is 0 Å². The number of benzene rings is 1. The van der Waals surface area contributed by atoms with E-state index in [9.17, 15) is 0 Å². The highest BCUT2D eigenvalue weighted by molar-refractivity contribution is 6.30. The summed E-state index contributed by atoms with van der Waals surface area (Å²) < 4.78 is 16.1. The van der Waals surface area contributed by atoms with Gasteiger partial charge >= 0.3 is 0 Å². The molecule has 29 heavy (non-hydrogen) atoms. The number of pyridine rings is 1. The molecule has 4 rings (SSSR count). The first-order valence-electron chi connectivity index (χ1n) is 9.63. The first-order valence-corrected chi connectivity index (χ1v) is 10.0. The SMILES string of the molecule is COCCOc1ccc(-c2noc([C@@H]3CCCN3Cc3ccc(Cl)cc3)n2)cn1. The van der Waals surface area contributed by atoms with Crippen molar-refractivity contribution in [3.63, 3.8) is 0 Å². The summed E-state index contributed by atoms with van der Waals surface area (Å²) in [4.78, 5) is 11.3. The number of hydrogen-bond acceptors (Lipinski definition) is 7. The van der Waals surface area contributed by atoms with Gasteiger partial charge in [0, 0.05) is 36.5 Å². The minimum Gasteiger partial charge on any atom is -0.475 e. The zero-order chi connectivity index (χ0) is 20.1. The minimum absolute atomic E-state index is 0.122. The van der Waals surface area contributed by atoms with Crippen molar-refractivity contribution >= 4 is 11.6 Å². The molecular weight excluding hydrogens is 392 g/mol. The maximum Gasteiger partial charge on any atom is 0.244 e. The smallest absolute Gasteiger partial charge is 0.244 e. The van der Waals surface area contributed by atoms with Gasteiger partial charge in [-0.3, -0.25) is 4.90 Å². The molecule has 1 aliphatic heterocycles. The van der Waals surface area contributed by atoms with Crippen LogP contribution in [-0.4, -0.2) is 46.9 Å². The van der Waals surface area contributed by atoms with Crippen LogP contribution in [0.3, 0.4) is 0 Å². The minimum atomic E-state index is 0.122. The van der Waals surface area contributed by atoms with Crippen LogP contribution >= 0.6 is 11.6 Å². The van der Waals surface area contributed by atoms with Crippen molar-refractivity contribution in [1.29, 1.82) is 0 Å². The Hall–Kier alpha value is -2.48. The zero-order valence-electron chi connectivity index (χ0n) is 16.3. The quantitative estimate of drug-likeness (QED) is 0.512. The summed E-state index contributed by atoms with van der Waals surface area (Å²) >= 11 is 5.99. The molecule has 1 aliphatic rings. The lowest BCUT2D eigenvalue weighted by molar-refractivity contribution is 0.144. The summed E-state index contributed by atoms with van der Waals surface area (Å²) in [6.07, 6.45) is 3.79. The topological polar surface area (TPSA) is 73.5 Å². The Morgan fingerprint density at radius 3 is 2.79 bits per heavy atom. The highest BCUT2D eigenvalue weighted by atomic mass is 35.5. The summed E-state index contributed by atoms with van der Waals surface area (Å²) in [7, 11) is 1.63. The van der Waals surface area contributed by atoms with Crippen LogP contribution in [0, 0.1) is 0 Å². The van der Waals surface area contributed by atoms with Crippen molar-refractivity contribution in [3.05, 3.63) is 59.1 Å². The molecule has 0 bridgehead atoms. The molecule has 3 heterocycles. The first-order chi connectivity index (χ1) is 14.2. The van der Waals surface area contributed by atoms with Crippen LogP contribution in [0.2, 0.25) is 5.02 Å². The molecule has 1 aromatic carbocycles. The van der Waals surface area contributed by atoms with Gasteiger partial charge in [0.25, 0.3) is 0 Å². The number of likely N-dealkylation sites (tertiary alicyclic amines) is 1. The van der Waals surface area contributed by atoms with E-state index in [1.54, 1.807) is 19.4 Å². The lowest BCUT2D eigenvalue weighted by Crippen LogP contribution is -2.23. The predicted molar refractivity (Wildman–Crippen MR) is 109 cm³/mol. The van der Waals surface area contributed by atoms with Crippen molar-refractivity contribution in [2.75, 3.05) is 26.9 Å². The molecule has 8 heteroatoms. The van der Waals surface area contributed by atoms with E-state index in [2.05, 4.69) is 32.2 Å². The Morgan fingerprint density at radius 2 is 2.03 bits per heavy atom. The normalized spacial score (nSPS) is 17.0. The highest BCUT2D eigenvalue weighted by Gasteiger charge is 2.30. The number of halogens is 1. The molecule has 0 unspecified atom stereocenters. The second-order valence-corrected chi connectivity index (χ2v) is 7.37. The molecule has 0 radical (unpaired) electrons. The monoisotopic (exact) mass is 414 g/mol. The van der Waals surface area contributed by atoms with Crippen LogP contribution in [0.4, 0.5) is 0 Å². The number of nitrogens with zero attached hydrogens (tertiary/aromatic N) is 4. The molecule has 0 N–H and O–H groups in total. The van der Waals surface area contributed by atoms with E-state index in [1.165, 1.54) is 5.56 Å². The summed E-state index contributed by atoms with van der Waals surface area (Å²) in [5.74, 6) is 1.72. The molecular formula is C21H23ClN4O3. The fraction of sp³-hybridized carbons (Fsp3) is 0.381. The molecule has 3 aromatic rings. The largest absolute Gasteiger partial charge is 0.475 e. The summed E-state index contributed by atoms with van der Waals surface area (Å²) in [5.41, 5.74) is 2.01. The van der Waals surface area contributed by atoms with Crippen molar-refractivity contribution in [2.45, 2.75) is 25.4 Å². The third kappa shape index (κ3) is 4.93. The van der Waals surface area contributed by atoms with Gasteiger partial charge in [-0.05, 0) is 43.1 Å². The predicted octanol–water partition coefficient (Wildman–Crippen LogP) is 4.15. The van der Waals surface area contributed by atoms with Gasteiger partial charge in [-0.15, -0.1) is 0 Å². The van der Waals surface area contributed by atoms with Crippen molar-refractivity contribution < 1.29 is 14.0 Å². The van der Waals surface area contributed by atoms with E-state index >= 15 is 0 Å². The molecule has 1 saturated heterocycles. The molecule has 0 spiro atoms. The second-order valence-electron chi connectivity index (χ2n) is 6.94. The van der Waals surface area contributed by atoms with Crippen LogP contribution < -0.4 is 4.74 Å². The van der Waals surface area contributed by atoms with Gasteiger partial charge < -0.3 is 14.0 Å². The molecule has 1 fully saturated rings. The van der Waals surface area contributed by atoms with Gasteiger partial charge in [-0.2, -0.15) is 4.98 Å². The van der Waals surface area contributed by atoms with Crippen LogP contribution in [0.15, 0.2) is 47.1 Å². The highest BCUT2D eigenvalue weighted by Crippen LogP contribution is 2.33. The zero-order valence-corrected chi connectivity index (χ0v) is 17.0. The van der Waals surface area contributed by atoms with Gasteiger partial charge in [0.05, 0.1) is 12.6 Å². The number of hydrogen-bond donors (Lipinski definition) is 0. The third-order valence-electron chi connectivity index (χ3n) is 4.92. The fourth-order valence-electron chi connectivity index (χ4n) is 3.43. The Labute approximate surface area is 174 Å². The fourth-order valence-corrected chi connectivity index (χ4v) is 3.56. The number of methoxy groups -OCH3 is 1. The summed E-state index contributed by atoms with van der Waals surface area (Å²) in [6.45, 7) is 2.81. The third-order valence-corrected chi connectivity index (χ3v) is 5.17. The first kappa shape index (κ1) is 19.8. The van der Waals surface area contributed by atoms with E-state index in [4.69, 9.17) is 25.6 Å². The number of aromatic nitrogens is 3.